The van der Waals surface area contributed by atoms with Crippen LogP contribution in [0.2, 0.25) is 0 Å². The minimum absolute atomic E-state index is 0.00873. The van der Waals surface area contributed by atoms with Gasteiger partial charge >= 0.3 is 12.1 Å². The monoisotopic (exact) mass is 653 g/mol. The predicted octanol–water partition coefficient (Wildman–Crippen LogP) is 3.15. The number of amidine groups is 1. The smallest absolute Gasteiger partial charge is 0.407 e. The van der Waals surface area contributed by atoms with Crippen LogP contribution in [0.3, 0.4) is 0 Å². The Morgan fingerprint density at radius 2 is 1.76 bits per heavy atom. The highest BCUT2D eigenvalue weighted by molar-refractivity contribution is 7.89. The molecule has 0 fully saturated rings. The molecule has 15 heteroatoms. The molecule has 45 heavy (non-hydrogen) atoms. The Kier molecular flexibility index (Phi) is 13.5. The van der Waals surface area contributed by atoms with E-state index < -0.39 is 38.8 Å². The zero-order valence-corrected chi connectivity index (χ0v) is 28.0. The molecule has 4 N–H and O–H groups in total. The number of nitrogens with one attached hydrogen (secondary N) is 1. The molecule has 1 aromatic rings. The number of nitrogens with two attached hydrogens (primary N) is 1. The van der Waals surface area contributed by atoms with E-state index in [0.717, 1.165) is 4.31 Å². The molecular formula is C30H47N5O9S. The van der Waals surface area contributed by atoms with Gasteiger partial charge in [-0.15, -0.1) is 0 Å². The third-order valence-electron chi connectivity index (χ3n) is 6.50. The van der Waals surface area contributed by atoms with Crippen molar-refractivity contribution < 1.29 is 42.2 Å². The average molecular weight is 654 g/mol. The Bertz CT molecular complexity index is 1390. The average Bonchev–Trinajstić information content (AvgIpc) is 3.09. The number of aliphatic imine (C=N–C) groups is 1. The predicted molar refractivity (Wildman–Crippen MR) is 169 cm³/mol. The van der Waals surface area contributed by atoms with Gasteiger partial charge in [-0.25, -0.2) is 27.6 Å². The molecule has 0 spiro atoms. The van der Waals surface area contributed by atoms with Crippen molar-refractivity contribution >= 4 is 45.6 Å². The third-order valence-corrected chi connectivity index (χ3v) is 8.31. The highest BCUT2D eigenvalue weighted by Crippen LogP contribution is 2.30. The molecule has 0 atom stereocenters. The number of carboxylic acid groups (broad SMARTS) is 1. The van der Waals surface area contributed by atoms with Gasteiger partial charge in [0.15, 0.2) is 0 Å². The molecule has 2 amide bonds. The van der Waals surface area contributed by atoms with Crippen molar-refractivity contribution in [3.8, 4) is 0 Å². The summed E-state index contributed by atoms with van der Waals surface area (Å²) in [6.45, 7) is 10.2. The van der Waals surface area contributed by atoms with Gasteiger partial charge in [-0.05, 0) is 30.0 Å². The standard InChI is InChI=1S/C30H47N5O9S/c1-8-12-35(44-13-11-32-28(39)43-20-30(4,5)19-42-18-29(2,3)17-26(36)37)27(38)22-14-21-9-10-23(45(40,41)34(6)7)16-24(21)33-25(31)15-22/h9-10,14,16H,8,11-13,15,17-20H2,1-7H3,(H2,31,33)(H,32,39)(H,36,37). The Hall–Kier alpha value is -3.53. The molecule has 1 heterocycles. The molecule has 1 aliphatic heterocycles. The summed E-state index contributed by atoms with van der Waals surface area (Å²) >= 11 is 0. The fraction of sp³-hybridized carbons (Fsp3) is 0.600. The lowest BCUT2D eigenvalue weighted by atomic mass is 9.90. The molecule has 14 nitrogen and oxygen atoms in total. The van der Waals surface area contributed by atoms with Gasteiger partial charge in [0.1, 0.15) is 12.4 Å². The number of ether oxygens (including phenoxy) is 2. The fourth-order valence-electron chi connectivity index (χ4n) is 4.19. The van der Waals surface area contributed by atoms with Crippen LogP contribution in [0.25, 0.3) is 6.08 Å². The first-order valence-corrected chi connectivity index (χ1v) is 16.1. The topological polar surface area (TPSA) is 190 Å². The lowest BCUT2D eigenvalue weighted by Crippen LogP contribution is -2.38. The van der Waals surface area contributed by atoms with Crippen LogP contribution in [0.15, 0.2) is 33.7 Å². The van der Waals surface area contributed by atoms with Crippen LogP contribution in [-0.4, -0.2) is 100 Å². The maximum absolute atomic E-state index is 13.4. The zero-order valence-electron chi connectivity index (χ0n) is 27.2. The summed E-state index contributed by atoms with van der Waals surface area (Å²) in [5.74, 6) is -1.18. The number of carbonyl (C=O) groups excluding carboxylic acids is 2. The molecule has 1 aromatic carbocycles. The quantitative estimate of drug-likeness (QED) is 0.166. The number of hydrogen-bond acceptors (Lipinski definition) is 10. The number of benzene rings is 1. The first-order valence-electron chi connectivity index (χ1n) is 14.6. The number of carbonyl (C=O) groups is 3. The molecule has 0 aliphatic carbocycles. The summed E-state index contributed by atoms with van der Waals surface area (Å²) in [4.78, 5) is 46.8. The summed E-state index contributed by atoms with van der Waals surface area (Å²) in [7, 11) is -0.817. The van der Waals surface area contributed by atoms with Gasteiger partial charge in [-0.2, -0.15) is 0 Å². The molecule has 1 aliphatic rings. The van der Waals surface area contributed by atoms with E-state index >= 15 is 0 Å². The first-order chi connectivity index (χ1) is 20.9. The number of hydrogen-bond donors (Lipinski definition) is 3. The summed E-state index contributed by atoms with van der Waals surface area (Å²) in [6, 6.07) is 4.45. The molecule has 2 rings (SSSR count). The minimum Gasteiger partial charge on any atom is -0.481 e. The summed E-state index contributed by atoms with van der Waals surface area (Å²) in [6.07, 6.45) is 1.58. The van der Waals surface area contributed by atoms with E-state index in [1.54, 1.807) is 12.1 Å². The van der Waals surface area contributed by atoms with Crippen molar-refractivity contribution in [2.75, 3.05) is 53.6 Å². The maximum Gasteiger partial charge on any atom is 0.407 e. The van der Waals surface area contributed by atoms with E-state index in [2.05, 4.69) is 10.3 Å². The number of rotatable bonds is 17. The van der Waals surface area contributed by atoms with Gasteiger partial charge in [0.05, 0.1) is 36.8 Å². The highest BCUT2D eigenvalue weighted by atomic mass is 32.2. The number of amides is 2. The lowest BCUT2D eigenvalue weighted by molar-refractivity contribution is -0.181. The second-order valence-corrected chi connectivity index (χ2v) is 14.7. The number of aliphatic carboxylic acids is 1. The van der Waals surface area contributed by atoms with Crippen LogP contribution in [0, 0.1) is 10.8 Å². The second-order valence-electron chi connectivity index (χ2n) is 12.6. The van der Waals surface area contributed by atoms with Crippen LogP contribution in [0.1, 0.15) is 59.4 Å². The number of carboxylic acids is 1. The largest absolute Gasteiger partial charge is 0.481 e. The van der Waals surface area contributed by atoms with E-state index in [9.17, 15) is 22.8 Å². The lowest BCUT2D eigenvalue weighted by Gasteiger charge is -2.28. The normalized spacial score (nSPS) is 13.8. The summed E-state index contributed by atoms with van der Waals surface area (Å²) in [5, 5.41) is 12.8. The molecule has 0 aromatic heterocycles. The zero-order chi connectivity index (χ0) is 34.0. The number of sulfonamides is 1. The van der Waals surface area contributed by atoms with Crippen LogP contribution in [0.4, 0.5) is 10.5 Å². The van der Waals surface area contributed by atoms with Crippen molar-refractivity contribution in [2.45, 2.75) is 58.8 Å². The molecule has 0 saturated carbocycles. The van der Waals surface area contributed by atoms with Gasteiger partial charge < -0.3 is 25.6 Å². The number of hydroxylamine groups is 2. The summed E-state index contributed by atoms with van der Waals surface area (Å²) < 4.78 is 37.2. The number of fused-ring (bicyclic) bond motifs is 1. The van der Waals surface area contributed by atoms with Gasteiger partial charge in [0.25, 0.3) is 5.91 Å². The molecular weight excluding hydrogens is 606 g/mol. The second kappa shape index (κ2) is 16.2. The minimum atomic E-state index is -3.69. The summed E-state index contributed by atoms with van der Waals surface area (Å²) in [5.41, 5.74) is 6.25. The Balaban J connectivity index is 1.92. The molecule has 0 bridgehead atoms. The first kappa shape index (κ1) is 37.7. The van der Waals surface area contributed by atoms with Crippen LogP contribution >= 0.6 is 0 Å². The van der Waals surface area contributed by atoms with Crippen molar-refractivity contribution in [1.29, 1.82) is 0 Å². The van der Waals surface area contributed by atoms with Crippen molar-refractivity contribution in [1.82, 2.24) is 14.7 Å². The van der Waals surface area contributed by atoms with E-state index in [-0.39, 0.29) is 63.1 Å². The Morgan fingerprint density at radius 1 is 1.09 bits per heavy atom. The fourth-order valence-corrected chi connectivity index (χ4v) is 5.12. The van der Waals surface area contributed by atoms with Gasteiger partial charge in [-0.1, -0.05) is 40.7 Å². The third kappa shape index (κ3) is 12.1. The van der Waals surface area contributed by atoms with Gasteiger partial charge in [-0.3, -0.25) is 14.4 Å². The molecule has 0 radical (unpaired) electrons. The van der Waals surface area contributed by atoms with E-state index in [0.29, 0.717) is 23.2 Å². The van der Waals surface area contributed by atoms with Crippen LogP contribution < -0.4 is 11.1 Å². The van der Waals surface area contributed by atoms with Crippen molar-refractivity contribution in [3.63, 3.8) is 0 Å². The van der Waals surface area contributed by atoms with E-state index in [4.69, 9.17) is 25.2 Å². The van der Waals surface area contributed by atoms with E-state index in [1.807, 2.05) is 34.6 Å². The van der Waals surface area contributed by atoms with E-state index in [1.165, 1.54) is 31.3 Å². The maximum atomic E-state index is 13.4. The SMILES string of the molecule is CCCN(OCCNC(=O)OCC(C)(C)COCC(C)(C)CC(=O)O)C(=O)C1=Cc2ccc(S(=O)(=O)N(C)C)cc2N=C(N)C1. The number of nitrogens with zero attached hydrogens (tertiary/aromatic N) is 3. The van der Waals surface area contributed by atoms with Crippen molar-refractivity contribution in [2.24, 2.45) is 21.6 Å². The molecule has 0 unspecified atom stereocenters. The Morgan fingerprint density at radius 3 is 2.38 bits per heavy atom. The van der Waals surface area contributed by atoms with Gasteiger partial charge in [0, 0.05) is 50.2 Å². The highest BCUT2D eigenvalue weighted by Gasteiger charge is 2.27. The van der Waals surface area contributed by atoms with Crippen LogP contribution in [-0.2, 0) is 33.9 Å². The van der Waals surface area contributed by atoms with Crippen LogP contribution in [0.5, 0.6) is 0 Å². The molecule has 252 valence electrons. The molecule has 0 saturated heterocycles. The number of alkyl carbamates (subject to hydrolysis) is 1. The Labute approximate surface area is 265 Å². The van der Waals surface area contributed by atoms with Crippen molar-refractivity contribution in [3.05, 3.63) is 29.3 Å². The van der Waals surface area contributed by atoms with Gasteiger partial charge in [0.2, 0.25) is 10.0 Å².